The molecule has 0 saturated carbocycles. The van der Waals surface area contributed by atoms with E-state index in [0.29, 0.717) is 24.1 Å². The van der Waals surface area contributed by atoms with E-state index in [1.165, 1.54) is 38.8 Å². The fourth-order valence-electron chi connectivity index (χ4n) is 3.61. The van der Waals surface area contributed by atoms with Gasteiger partial charge in [0.1, 0.15) is 0 Å². The van der Waals surface area contributed by atoms with Gasteiger partial charge in [-0.05, 0) is 49.5 Å². The molecule has 1 atom stereocenters. The number of aliphatic imine (C=N–C) groups is 1. The Morgan fingerprint density at radius 1 is 1.11 bits per heavy atom. The lowest BCUT2D eigenvalue weighted by Gasteiger charge is -2.34. The maximum absolute atomic E-state index is 11.2. The molecule has 1 aliphatic heterocycles. The van der Waals surface area contributed by atoms with Crippen molar-refractivity contribution in [1.29, 1.82) is 0 Å². The highest BCUT2D eigenvalue weighted by molar-refractivity contribution is 5.92. The minimum atomic E-state index is -0.403. The SMILES string of the molecule is CN=C(NCc1ccc(C(N)=O)cc1)NCC(C(C)C)N1CCCCCC1. The first-order chi connectivity index (χ1) is 13.0. The Morgan fingerprint density at radius 2 is 1.74 bits per heavy atom. The number of hydrogen-bond acceptors (Lipinski definition) is 3. The van der Waals surface area contributed by atoms with Crippen LogP contribution in [-0.2, 0) is 6.54 Å². The number of hydrogen-bond donors (Lipinski definition) is 3. The fourth-order valence-corrected chi connectivity index (χ4v) is 3.61. The van der Waals surface area contributed by atoms with Crippen LogP contribution in [0.4, 0.5) is 0 Å². The summed E-state index contributed by atoms with van der Waals surface area (Å²) in [7, 11) is 1.79. The molecular weight excluding hydrogens is 338 g/mol. The van der Waals surface area contributed by atoms with E-state index in [-0.39, 0.29) is 0 Å². The summed E-state index contributed by atoms with van der Waals surface area (Å²) in [4.78, 5) is 18.1. The Hall–Kier alpha value is -2.08. The van der Waals surface area contributed by atoms with Crippen molar-refractivity contribution in [1.82, 2.24) is 15.5 Å². The summed E-state index contributed by atoms with van der Waals surface area (Å²) in [5.74, 6) is 0.990. The molecule has 1 unspecified atom stereocenters. The number of carbonyl (C=O) groups excluding carboxylic acids is 1. The van der Waals surface area contributed by atoms with E-state index in [2.05, 4.69) is 34.4 Å². The maximum atomic E-state index is 11.2. The Kier molecular flexibility index (Phi) is 8.58. The number of primary amides is 1. The molecule has 6 nitrogen and oxygen atoms in total. The van der Waals surface area contributed by atoms with Crippen molar-refractivity contribution < 1.29 is 4.79 Å². The highest BCUT2D eigenvalue weighted by atomic mass is 16.1. The normalized spacial score (nSPS) is 17.4. The van der Waals surface area contributed by atoms with Gasteiger partial charge in [-0.3, -0.25) is 14.7 Å². The molecule has 1 fully saturated rings. The van der Waals surface area contributed by atoms with Crippen LogP contribution in [-0.4, -0.2) is 49.5 Å². The summed E-state index contributed by atoms with van der Waals surface area (Å²) >= 11 is 0. The number of nitrogens with two attached hydrogens (primary N) is 1. The van der Waals surface area contributed by atoms with Crippen molar-refractivity contribution in [2.24, 2.45) is 16.6 Å². The number of likely N-dealkylation sites (tertiary alicyclic amines) is 1. The summed E-state index contributed by atoms with van der Waals surface area (Å²) in [5.41, 5.74) is 6.89. The summed E-state index contributed by atoms with van der Waals surface area (Å²) < 4.78 is 0. The van der Waals surface area contributed by atoms with Crippen LogP contribution in [0.2, 0.25) is 0 Å². The molecule has 150 valence electrons. The zero-order valence-electron chi connectivity index (χ0n) is 17.0. The van der Waals surface area contributed by atoms with E-state index < -0.39 is 5.91 Å². The lowest BCUT2D eigenvalue weighted by molar-refractivity contribution is 0.100. The maximum Gasteiger partial charge on any atom is 0.248 e. The molecule has 0 aromatic heterocycles. The Bertz CT molecular complexity index is 604. The first-order valence-corrected chi connectivity index (χ1v) is 10.1. The summed E-state index contributed by atoms with van der Waals surface area (Å²) in [6.45, 7) is 8.53. The minimum Gasteiger partial charge on any atom is -0.366 e. The van der Waals surface area contributed by atoms with Crippen molar-refractivity contribution >= 4 is 11.9 Å². The molecule has 2 rings (SSSR count). The van der Waals surface area contributed by atoms with Crippen molar-refractivity contribution in [2.45, 2.75) is 52.1 Å². The first-order valence-electron chi connectivity index (χ1n) is 10.1. The zero-order valence-corrected chi connectivity index (χ0v) is 17.0. The predicted molar refractivity (Wildman–Crippen MR) is 112 cm³/mol. The highest BCUT2D eigenvalue weighted by Crippen LogP contribution is 2.17. The van der Waals surface area contributed by atoms with Crippen molar-refractivity contribution in [2.75, 3.05) is 26.7 Å². The molecule has 1 aliphatic rings. The highest BCUT2D eigenvalue weighted by Gasteiger charge is 2.22. The van der Waals surface area contributed by atoms with Crippen LogP contribution in [0, 0.1) is 5.92 Å². The molecular formula is C21H35N5O. The monoisotopic (exact) mass is 373 g/mol. The zero-order chi connectivity index (χ0) is 19.6. The fraction of sp³-hybridized carbons (Fsp3) is 0.619. The largest absolute Gasteiger partial charge is 0.366 e. The summed E-state index contributed by atoms with van der Waals surface area (Å²) in [6, 6.07) is 7.84. The lowest BCUT2D eigenvalue weighted by Crippen LogP contribution is -2.49. The van der Waals surface area contributed by atoms with Gasteiger partial charge in [0, 0.05) is 31.7 Å². The van der Waals surface area contributed by atoms with Gasteiger partial charge in [0.05, 0.1) is 0 Å². The third-order valence-electron chi connectivity index (χ3n) is 5.28. The number of carbonyl (C=O) groups is 1. The van der Waals surface area contributed by atoms with E-state index >= 15 is 0 Å². The Balaban J connectivity index is 1.86. The molecule has 0 spiro atoms. The minimum absolute atomic E-state index is 0.403. The molecule has 4 N–H and O–H groups in total. The number of guanidine groups is 1. The van der Waals surface area contributed by atoms with Crippen LogP contribution >= 0.6 is 0 Å². The van der Waals surface area contributed by atoms with Crippen molar-refractivity contribution in [3.63, 3.8) is 0 Å². The van der Waals surface area contributed by atoms with Crippen LogP contribution in [0.3, 0.4) is 0 Å². The van der Waals surface area contributed by atoms with Gasteiger partial charge in [0.2, 0.25) is 5.91 Å². The molecule has 1 amide bonds. The van der Waals surface area contributed by atoms with Gasteiger partial charge in [-0.1, -0.05) is 38.8 Å². The third kappa shape index (κ3) is 6.86. The van der Waals surface area contributed by atoms with E-state index in [9.17, 15) is 4.79 Å². The first kappa shape index (κ1) is 21.2. The average Bonchev–Trinajstić information content (AvgIpc) is 2.94. The van der Waals surface area contributed by atoms with E-state index in [4.69, 9.17) is 5.73 Å². The predicted octanol–water partition coefficient (Wildman–Crippen LogP) is 2.35. The number of nitrogens with one attached hydrogen (secondary N) is 2. The van der Waals surface area contributed by atoms with Gasteiger partial charge in [0.25, 0.3) is 0 Å². The quantitative estimate of drug-likeness (QED) is 0.506. The molecule has 27 heavy (non-hydrogen) atoms. The lowest BCUT2D eigenvalue weighted by atomic mass is 10.0. The van der Waals surface area contributed by atoms with Gasteiger partial charge in [-0.25, -0.2) is 0 Å². The van der Waals surface area contributed by atoms with E-state index in [0.717, 1.165) is 18.1 Å². The topological polar surface area (TPSA) is 82.7 Å². The summed E-state index contributed by atoms with van der Waals surface area (Å²) in [6.07, 6.45) is 5.31. The van der Waals surface area contributed by atoms with Crippen LogP contribution in [0.15, 0.2) is 29.3 Å². The van der Waals surface area contributed by atoms with E-state index in [1.807, 2.05) is 12.1 Å². The molecule has 0 aliphatic carbocycles. The molecule has 1 aromatic carbocycles. The van der Waals surface area contributed by atoms with Gasteiger partial charge in [-0.15, -0.1) is 0 Å². The molecule has 0 radical (unpaired) electrons. The second kappa shape index (κ2) is 10.9. The van der Waals surface area contributed by atoms with Gasteiger partial charge in [0.15, 0.2) is 5.96 Å². The smallest absolute Gasteiger partial charge is 0.248 e. The van der Waals surface area contributed by atoms with E-state index in [1.54, 1.807) is 19.2 Å². The second-order valence-corrected chi connectivity index (χ2v) is 7.63. The Morgan fingerprint density at radius 3 is 2.26 bits per heavy atom. The van der Waals surface area contributed by atoms with Crippen LogP contribution in [0.25, 0.3) is 0 Å². The number of rotatable bonds is 7. The second-order valence-electron chi connectivity index (χ2n) is 7.63. The summed E-state index contributed by atoms with van der Waals surface area (Å²) in [5, 5.41) is 6.84. The molecule has 1 saturated heterocycles. The van der Waals surface area contributed by atoms with Crippen LogP contribution in [0.1, 0.15) is 55.5 Å². The molecule has 1 heterocycles. The van der Waals surface area contributed by atoms with Gasteiger partial charge in [-0.2, -0.15) is 0 Å². The van der Waals surface area contributed by atoms with Gasteiger partial charge >= 0.3 is 0 Å². The molecule has 0 bridgehead atoms. The molecule has 1 aromatic rings. The van der Waals surface area contributed by atoms with Crippen LogP contribution < -0.4 is 16.4 Å². The molecule has 6 heteroatoms. The number of amides is 1. The van der Waals surface area contributed by atoms with Crippen LogP contribution in [0.5, 0.6) is 0 Å². The number of benzene rings is 1. The van der Waals surface area contributed by atoms with Gasteiger partial charge < -0.3 is 16.4 Å². The third-order valence-corrected chi connectivity index (χ3v) is 5.28. The van der Waals surface area contributed by atoms with Crippen molar-refractivity contribution in [3.05, 3.63) is 35.4 Å². The standard InChI is InChI=1S/C21H35N5O/c1-16(2)19(26-12-6-4-5-7-13-26)15-25-21(23-3)24-14-17-8-10-18(11-9-17)20(22)27/h8-11,16,19H,4-7,12-15H2,1-3H3,(H2,22,27)(H2,23,24,25). The van der Waals surface area contributed by atoms with Crippen molar-refractivity contribution in [3.8, 4) is 0 Å². The Labute approximate surface area is 163 Å². The average molecular weight is 374 g/mol. The number of nitrogens with zero attached hydrogens (tertiary/aromatic N) is 2.